The number of unbranched alkanes of at least 4 members (excludes halogenated alkanes) is 1. The van der Waals surface area contributed by atoms with E-state index in [0.29, 0.717) is 12.6 Å². The van der Waals surface area contributed by atoms with E-state index < -0.39 is 9.05 Å². The topological polar surface area (TPSA) is 46.2 Å². The summed E-state index contributed by atoms with van der Waals surface area (Å²) in [6.45, 7) is 4.53. The molecule has 0 aliphatic carbocycles. The van der Waals surface area contributed by atoms with Crippen LogP contribution >= 0.6 is 0 Å². The second-order valence-electron chi connectivity index (χ2n) is 3.02. The Labute approximate surface area is 98.8 Å². The van der Waals surface area contributed by atoms with Crippen molar-refractivity contribution in [2.75, 3.05) is 27.9 Å². The van der Waals surface area contributed by atoms with Crippen molar-refractivity contribution in [2.24, 2.45) is 0 Å². The molecule has 0 aromatic rings. The molecular formula is C10H22O5Si. The molecule has 0 atom stereocenters. The maximum atomic E-state index is 5.49. The summed E-state index contributed by atoms with van der Waals surface area (Å²) in [5.74, 6) is 0.380. The van der Waals surface area contributed by atoms with Gasteiger partial charge in [0.05, 0.1) is 6.61 Å². The Balaban J connectivity index is 4.28. The average molecular weight is 250 g/mol. The monoisotopic (exact) mass is 250 g/mol. The summed E-state index contributed by atoms with van der Waals surface area (Å²) in [5.41, 5.74) is 0. The Morgan fingerprint density at radius 3 is 2.06 bits per heavy atom. The fourth-order valence-electron chi connectivity index (χ4n) is 0.987. The van der Waals surface area contributed by atoms with E-state index in [0.717, 1.165) is 12.8 Å². The van der Waals surface area contributed by atoms with Crippen molar-refractivity contribution >= 4 is 9.05 Å². The fraction of sp³-hybridized carbons (Fsp3) is 0.800. The molecule has 5 nitrogen and oxygen atoms in total. The number of allylic oxidation sites excluding steroid dienone is 1. The van der Waals surface area contributed by atoms with Crippen LogP contribution in [0.3, 0.4) is 0 Å². The molecule has 96 valence electrons. The zero-order valence-corrected chi connectivity index (χ0v) is 11.7. The van der Waals surface area contributed by atoms with Crippen molar-refractivity contribution < 1.29 is 22.4 Å². The van der Waals surface area contributed by atoms with Gasteiger partial charge in [-0.15, -0.1) is 0 Å². The molecular weight excluding hydrogens is 228 g/mol. The molecule has 0 aliphatic rings. The molecule has 0 amide bonds. The van der Waals surface area contributed by atoms with E-state index in [-0.39, 0.29) is 0 Å². The number of hydrogen-bond donors (Lipinski definition) is 0. The lowest BCUT2D eigenvalue weighted by atomic mass is 10.4. The maximum absolute atomic E-state index is 5.49. The smallest absolute Gasteiger partial charge is 0.466 e. The van der Waals surface area contributed by atoms with Crippen LogP contribution in [0.25, 0.3) is 0 Å². The first kappa shape index (κ1) is 15.4. The first-order valence-electron chi connectivity index (χ1n) is 5.31. The molecule has 0 saturated heterocycles. The molecule has 0 heterocycles. The first-order valence-corrected chi connectivity index (χ1v) is 6.94. The largest absolute Gasteiger partial charge is 0.750 e. The second-order valence-corrected chi connectivity index (χ2v) is 5.45. The van der Waals surface area contributed by atoms with Crippen molar-refractivity contribution in [1.29, 1.82) is 0 Å². The van der Waals surface area contributed by atoms with Crippen molar-refractivity contribution in [2.45, 2.75) is 26.7 Å². The zero-order chi connectivity index (χ0) is 12.4. The molecule has 0 spiro atoms. The van der Waals surface area contributed by atoms with Gasteiger partial charge in [0, 0.05) is 21.3 Å². The van der Waals surface area contributed by atoms with Gasteiger partial charge in [0.1, 0.15) is 0 Å². The van der Waals surface area contributed by atoms with Crippen LogP contribution in [0.5, 0.6) is 0 Å². The van der Waals surface area contributed by atoms with E-state index in [1.807, 2.05) is 6.92 Å². The van der Waals surface area contributed by atoms with Gasteiger partial charge in [0.2, 0.25) is 0 Å². The molecule has 0 radical (unpaired) electrons. The summed E-state index contributed by atoms with van der Waals surface area (Å²) >= 11 is 0. The SMILES string of the molecule is C/C=C(/OCCCC)O[Si](OC)(OC)OC. The highest BCUT2D eigenvalue weighted by atomic mass is 28.4. The van der Waals surface area contributed by atoms with Crippen LogP contribution in [0.15, 0.2) is 12.0 Å². The van der Waals surface area contributed by atoms with Gasteiger partial charge >= 0.3 is 9.05 Å². The van der Waals surface area contributed by atoms with Gasteiger partial charge in [-0.25, -0.2) is 0 Å². The molecule has 16 heavy (non-hydrogen) atoms. The van der Waals surface area contributed by atoms with Crippen molar-refractivity contribution in [3.05, 3.63) is 12.0 Å². The van der Waals surface area contributed by atoms with Gasteiger partial charge < -0.3 is 22.4 Å². The predicted molar refractivity (Wildman–Crippen MR) is 62.5 cm³/mol. The van der Waals surface area contributed by atoms with Crippen LogP contribution in [0.2, 0.25) is 0 Å². The molecule has 0 rings (SSSR count). The van der Waals surface area contributed by atoms with Crippen molar-refractivity contribution in [1.82, 2.24) is 0 Å². The van der Waals surface area contributed by atoms with E-state index in [9.17, 15) is 0 Å². The van der Waals surface area contributed by atoms with Crippen LogP contribution in [-0.4, -0.2) is 37.0 Å². The normalized spacial score (nSPS) is 12.7. The van der Waals surface area contributed by atoms with Gasteiger partial charge in [-0.3, -0.25) is 0 Å². The van der Waals surface area contributed by atoms with Crippen molar-refractivity contribution in [3.8, 4) is 0 Å². The highest BCUT2D eigenvalue weighted by molar-refractivity contribution is 6.53. The summed E-state index contributed by atoms with van der Waals surface area (Å²) < 4.78 is 26.3. The number of hydrogen-bond acceptors (Lipinski definition) is 5. The van der Waals surface area contributed by atoms with Gasteiger partial charge in [-0.1, -0.05) is 13.3 Å². The predicted octanol–water partition coefficient (Wildman–Crippen LogP) is 2.06. The molecule has 0 N–H and O–H groups in total. The lowest BCUT2D eigenvalue weighted by Gasteiger charge is -2.24. The molecule has 0 aliphatic heterocycles. The summed E-state index contributed by atoms with van der Waals surface area (Å²) in [6, 6.07) is 0. The minimum Gasteiger partial charge on any atom is -0.466 e. The minimum absolute atomic E-state index is 0.380. The van der Waals surface area contributed by atoms with Gasteiger partial charge in [-0.2, -0.15) is 0 Å². The molecule has 0 aromatic heterocycles. The van der Waals surface area contributed by atoms with Gasteiger partial charge in [0.15, 0.2) is 0 Å². The Bertz CT molecular complexity index is 195. The fourth-order valence-corrected chi connectivity index (χ4v) is 2.16. The third-order valence-electron chi connectivity index (χ3n) is 1.95. The summed E-state index contributed by atoms with van der Waals surface area (Å²) in [6.07, 6.45) is 3.76. The highest BCUT2D eigenvalue weighted by Crippen LogP contribution is 2.14. The van der Waals surface area contributed by atoms with Crippen LogP contribution in [0.1, 0.15) is 26.7 Å². The second kappa shape index (κ2) is 8.57. The maximum Gasteiger partial charge on any atom is 0.750 e. The summed E-state index contributed by atoms with van der Waals surface area (Å²) in [4.78, 5) is 0. The van der Waals surface area contributed by atoms with E-state index in [1.54, 1.807) is 6.08 Å². The van der Waals surface area contributed by atoms with Crippen molar-refractivity contribution in [3.63, 3.8) is 0 Å². The Morgan fingerprint density at radius 1 is 1.12 bits per heavy atom. The highest BCUT2D eigenvalue weighted by Gasteiger charge is 2.46. The minimum atomic E-state index is -3.05. The van der Waals surface area contributed by atoms with Gasteiger partial charge in [-0.05, 0) is 19.4 Å². The van der Waals surface area contributed by atoms with Crippen LogP contribution < -0.4 is 0 Å². The molecule has 0 saturated carbocycles. The third-order valence-corrected chi connectivity index (χ3v) is 3.90. The van der Waals surface area contributed by atoms with Gasteiger partial charge in [0.25, 0.3) is 5.95 Å². The average Bonchev–Trinajstić information content (AvgIpc) is 2.34. The Kier molecular flexibility index (Phi) is 8.27. The lowest BCUT2D eigenvalue weighted by Crippen LogP contribution is -2.46. The van der Waals surface area contributed by atoms with E-state index in [1.165, 1.54) is 21.3 Å². The number of ether oxygens (including phenoxy) is 1. The van der Waals surface area contributed by atoms with E-state index >= 15 is 0 Å². The summed E-state index contributed by atoms with van der Waals surface area (Å²) in [5, 5.41) is 0. The lowest BCUT2D eigenvalue weighted by molar-refractivity contribution is -0.0187. The molecule has 0 aromatic carbocycles. The standard InChI is InChI=1S/C10H22O5Si/c1-6-8-9-14-10(7-2)15-16(11-3,12-4)13-5/h7H,6,8-9H2,1-5H3/b10-7-. The van der Waals surface area contributed by atoms with Crippen LogP contribution in [0.4, 0.5) is 0 Å². The first-order chi connectivity index (χ1) is 7.67. The van der Waals surface area contributed by atoms with E-state index in [2.05, 4.69) is 6.92 Å². The van der Waals surface area contributed by atoms with Crippen LogP contribution in [0, 0.1) is 0 Å². The summed E-state index contributed by atoms with van der Waals surface area (Å²) in [7, 11) is 1.40. The Hall–Kier alpha value is -0.563. The zero-order valence-electron chi connectivity index (χ0n) is 10.7. The third kappa shape index (κ3) is 4.98. The number of rotatable bonds is 9. The molecule has 0 fully saturated rings. The Morgan fingerprint density at radius 2 is 1.69 bits per heavy atom. The molecule has 0 bridgehead atoms. The molecule has 6 heteroatoms. The van der Waals surface area contributed by atoms with E-state index in [4.69, 9.17) is 22.4 Å². The quantitative estimate of drug-likeness (QED) is 0.356. The molecule has 0 unspecified atom stereocenters. The van der Waals surface area contributed by atoms with Crippen LogP contribution in [-0.2, 0) is 22.4 Å².